The van der Waals surface area contributed by atoms with Crippen LogP contribution in [0.15, 0.2) is 65.6 Å². The number of carbonyl (C=O) groups is 1. The number of nitrogens with zero attached hydrogens (tertiary/aromatic N) is 4. The predicted octanol–water partition coefficient (Wildman–Crippen LogP) is 5.91. The second-order valence-corrected chi connectivity index (χ2v) is 10.3. The van der Waals surface area contributed by atoms with E-state index in [-0.39, 0.29) is 23.3 Å². The lowest BCUT2D eigenvalue weighted by Crippen LogP contribution is -2.30. The van der Waals surface area contributed by atoms with Gasteiger partial charge in [-0.05, 0) is 69.5 Å². The van der Waals surface area contributed by atoms with Gasteiger partial charge in [0.2, 0.25) is 5.91 Å². The van der Waals surface area contributed by atoms with Gasteiger partial charge in [-0.2, -0.15) is 0 Å². The molecule has 1 amide bonds. The molecule has 202 valence electrons. The zero-order chi connectivity index (χ0) is 27.5. The molecule has 1 fully saturated rings. The first-order chi connectivity index (χ1) is 18.9. The summed E-state index contributed by atoms with van der Waals surface area (Å²) in [5.41, 5.74) is 3.17. The van der Waals surface area contributed by atoms with Gasteiger partial charge in [0.05, 0.1) is 23.6 Å². The fraction of sp³-hybridized carbons (Fsp3) is 0.333. The highest BCUT2D eigenvalue weighted by atomic mass is 35.5. The molecular formula is C30H32ClN5O3. The fourth-order valence-electron chi connectivity index (χ4n) is 5.32. The molecule has 2 atom stereocenters. The van der Waals surface area contributed by atoms with E-state index in [2.05, 4.69) is 10.3 Å². The summed E-state index contributed by atoms with van der Waals surface area (Å²) in [5, 5.41) is 3.54. The van der Waals surface area contributed by atoms with Crippen molar-refractivity contribution in [3.63, 3.8) is 0 Å². The number of halogens is 1. The van der Waals surface area contributed by atoms with Gasteiger partial charge in [-0.15, -0.1) is 0 Å². The van der Waals surface area contributed by atoms with Crippen LogP contribution < -0.4 is 15.6 Å². The second kappa shape index (κ2) is 11.5. The van der Waals surface area contributed by atoms with Crippen LogP contribution in [0.2, 0.25) is 5.02 Å². The number of anilines is 1. The minimum Gasteiger partial charge on any atom is -0.493 e. The minimum atomic E-state index is -0.242. The van der Waals surface area contributed by atoms with E-state index in [0.29, 0.717) is 41.0 Å². The number of hydrogen-bond donors (Lipinski definition) is 1. The first-order valence-corrected chi connectivity index (χ1v) is 13.7. The number of rotatable bonds is 7. The Bertz CT molecular complexity index is 1550. The Kier molecular flexibility index (Phi) is 7.84. The molecule has 1 aliphatic rings. The molecule has 0 unspecified atom stereocenters. The number of nitrogens with one attached hydrogen (secondary N) is 1. The molecule has 1 aliphatic carbocycles. The van der Waals surface area contributed by atoms with Gasteiger partial charge in [0, 0.05) is 35.8 Å². The minimum absolute atomic E-state index is 0.101. The number of aromatic nitrogens is 4. The van der Waals surface area contributed by atoms with Crippen LogP contribution in [0.25, 0.3) is 17.1 Å². The maximum Gasteiger partial charge on any atom is 0.295 e. The highest BCUT2D eigenvalue weighted by Gasteiger charge is 2.30. The summed E-state index contributed by atoms with van der Waals surface area (Å²) in [7, 11) is 1.82. The zero-order valence-electron chi connectivity index (χ0n) is 22.4. The summed E-state index contributed by atoms with van der Waals surface area (Å²) in [5.74, 6) is 0.972. The first kappa shape index (κ1) is 26.7. The topological polar surface area (TPSA) is 91.0 Å². The van der Waals surface area contributed by atoms with E-state index in [4.69, 9.17) is 21.3 Å². The molecule has 39 heavy (non-hydrogen) atoms. The molecule has 1 N–H and O–H groups in total. The zero-order valence-corrected chi connectivity index (χ0v) is 23.1. The number of benzene rings is 2. The van der Waals surface area contributed by atoms with Crippen LogP contribution in [-0.4, -0.2) is 31.8 Å². The Labute approximate surface area is 232 Å². The Balaban J connectivity index is 1.36. The summed E-state index contributed by atoms with van der Waals surface area (Å²) in [6.45, 7) is 4.29. The predicted molar refractivity (Wildman–Crippen MR) is 153 cm³/mol. The molecule has 0 bridgehead atoms. The molecule has 0 saturated heterocycles. The van der Waals surface area contributed by atoms with Gasteiger partial charge in [-0.1, -0.05) is 36.2 Å². The molecule has 2 heterocycles. The number of ether oxygens (including phenoxy) is 1. The maximum atomic E-state index is 13.4. The number of hydrogen-bond acceptors (Lipinski definition) is 5. The second-order valence-electron chi connectivity index (χ2n) is 9.86. The smallest absolute Gasteiger partial charge is 0.295 e. The van der Waals surface area contributed by atoms with E-state index in [9.17, 15) is 9.59 Å². The van der Waals surface area contributed by atoms with Gasteiger partial charge in [-0.3, -0.25) is 14.3 Å². The average Bonchev–Trinajstić information content (AvgIpc) is 3.17. The fourth-order valence-corrected chi connectivity index (χ4v) is 5.49. The Morgan fingerprint density at radius 2 is 1.95 bits per heavy atom. The highest BCUT2D eigenvalue weighted by Crippen LogP contribution is 2.37. The van der Waals surface area contributed by atoms with Gasteiger partial charge in [-0.25, -0.2) is 14.6 Å². The van der Waals surface area contributed by atoms with Crippen LogP contribution >= 0.6 is 11.6 Å². The van der Waals surface area contributed by atoms with Gasteiger partial charge >= 0.3 is 0 Å². The summed E-state index contributed by atoms with van der Waals surface area (Å²) in [6, 6.07) is 16.7. The number of amides is 1. The van der Waals surface area contributed by atoms with Crippen LogP contribution in [-0.2, 0) is 11.8 Å². The van der Waals surface area contributed by atoms with Crippen molar-refractivity contribution in [3.05, 3.63) is 87.6 Å². The number of carbonyl (C=O) groups excluding carboxylic acids is 1. The van der Waals surface area contributed by atoms with Gasteiger partial charge in [0.15, 0.2) is 5.82 Å². The van der Waals surface area contributed by atoms with Crippen molar-refractivity contribution < 1.29 is 9.53 Å². The molecule has 1 saturated carbocycles. The molecule has 2 aromatic carbocycles. The standard InChI is InChI=1S/C30H32ClN5O3/c1-4-39-26-14-13-22(31)18-24(26)28-32-16-15-25(33-28)20-9-8-10-21(17-20)29(37)34-27-19(2)35(3)36(30(27)38)23-11-6-5-7-12-23/h5-7,11-16,18,20-21H,4,8-10,17H2,1-3H3,(H,34,37)/t20-,21-/m1/s1. The highest BCUT2D eigenvalue weighted by molar-refractivity contribution is 6.30. The van der Waals surface area contributed by atoms with Gasteiger partial charge in [0.1, 0.15) is 11.4 Å². The van der Waals surface area contributed by atoms with E-state index in [1.165, 1.54) is 0 Å². The van der Waals surface area contributed by atoms with Crippen LogP contribution in [0, 0.1) is 12.8 Å². The SMILES string of the molecule is CCOc1ccc(Cl)cc1-c1nccc([C@@H]2CCC[C@@H](C(=O)Nc3c(C)n(C)n(-c4ccccc4)c3=O)C2)n1. The molecular weight excluding hydrogens is 514 g/mol. The molecule has 0 radical (unpaired) electrons. The molecule has 8 nitrogen and oxygen atoms in total. The van der Waals surface area contributed by atoms with Gasteiger partial charge < -0.3 is 10.1 Å². The van der Waals surface area contributed by atoms with Crippen molar-refractivity contribution in [2.45, 2.75) is 45.4 Å². The Morgan fingerprint density at radius 3 is 2.72 bits per heavy atom. The number of para-hydroxylation sites is 1. The molecule has 5 rings (SSSR count). The van der Waals surface area contributed by atoms with Crippen LogP contribution in [0.4, 0.5) is 5.69 Å². The molecule has 4 aromatic rings. The molecule has 9 heteroatoms. The third kappa shape index (κ3) is 5.47. The third-order valence-electron chi connectivity index (χ3n) is 7.43. The Morgan fingerprint density at radius 1 is 1.15 bits per heavy atom. The quantitative estimate of drug-likeness (QED) is 0.312. The normalized spacial score (nSPS) is 17.1. The van der Waals surface area contributed by atoms with E-state index in [1.807, 2.05) is 69.4 Å². The molecule has 0 spiro atoms. The van der Waals surface area contributed by atoms with Crippen molar-refractivity contribution in [1.29, 1.82) is 0 Å². The van der Waals surface area contributed by atoms with Crippen molar-refractivity contribution in [2.24, 2.45) is 13.0 Å². The summed E-state index contributed by atoms with van der Waals surface area (Å²) in [4.78, 5) is 36.0. The first-order valence-electron chi connectivity index (χ1n) is 13.3. The molecule has 2 aromatic heterocycles. The lowest BCUT2D eigenvalue weighted by molar-refractivity contribution is -0.120. The van der Waals surface area contributed by atoms with E-state index in [1.54, 1.807) is 21.6 Å². The summed E-state index contributed by atoms with van der Waals surface area (Å²) >= 11 is 6.26. The lowest BCUT2D eigenvalue weighted by atomic mass is 9.79. The van der Waals surface area contributed by atoms with Crippen LogP contribution in [0.3, 0.4) is 0 Å². The van der Waals surface area contributed by atoms with Crippen molar-refractivity contribution in [3.8, 4) is 22.8 Å². The molecule has 0 aliphatic heterocycles. The van der Waals surface area contributed by atoms with E-state index < -0.39 is 0 Å². The van der Waals surface area contributed by atoms with Crippen LogP contribution in [0.1, 0.15) is 49.9 Å². The monoisotopic (exact) mass is 545 g/mol. The summed E-state index contributed by atoms with van der Waals surface area (Å²) in [6.07, 6.45) is 4.98. The van der Waals surface area contributed by atoms with Crippen molar-refractivity contribution >= 4 is 23.2 Å². The maximum absolute atomic E-state index is 13.4. The van der Waals surface area contributed by atoms with Crippen molar-refractivity contribution in [2.75, 3.05) is 11.9 Å². The summed E-state index contributed by atoms with van der Waals surface area (Å²) < 4.78 is 9.12. The van der Waals surface area contributed by atoms with Crippen LogP contribution in [0.5, 0.6) is 5.75 Å². The largest absolute Gasteiger partial charge is 0.493 e. The third-order valence-corrected chi connectivity index (χ3v) is 7.66. The lowest BCUT2D eigenvalue weighted by Gasteiger charge is -2.28. The van der Waals surface area contributed by atoms with E-state index >= 15 is 0 Å². The Hall–Kier alpha value is -3.91. The van der Waals surface area contributed by atoms with Gasteiger partial charge in [0.25, 0.3) is 5.56 Å². The average molecular weight is 546 g/mol. The van der Waals surface area contributed by atoms with E-state index in [0.717, 1.165) is 36.2 Å². The van der Waals surface area contributed by atoms with Crippen molar-refractivity contribution in [1.82, 2.24) is 19.3 Å².